The minimum absolute atomic E-state index is 0.0676. The lowest BCUT2D eigenvalue weighted by Crippen LogP contribution is -2.52. The van der Waals surface area contributed by atoms with Crippen molar-refractivity contribution in [1.29, 1.82) is 0 Å². The van der Waals surface area contributed by atoms with Crippen LogP contribution in [0.5, 0.6) is 0 Å². The van der Waals surface area contributed by atoms with Gasteiger partial charge in [-0.15, -0.1) is 0 Å². The van der Waals surface area contributed by atoms with Gasteiger partial charge in [-0.1, -0.05) is 62.9 Å². The first-order valence-corrected chi connectivity index (χ1v) is 14.9. The van der Waals surface area contributed by atoms with Crippen molar-refractivity contribution in [2.75, 3.05) is 37.6 Å². The van der Waals surface area contributed by atoms with Crippen LogP contribution < -0.4 is 4.90 Å². The van der Waals surface area contributed by atoms with Crippen LogP contribution in [0.3, 0.4) is 0 Å². The Morgan fingerprint density at radius 3 is 2.19 bits per heavy atom. The average Bonchev–Trinajstić information content (AvgIpc) is 2.87. The van der Waals surface area contributed by atoms with Crippen LogP contribution in [-0.2, 0) is 21.4 Å². The highest BCUT2D eigenvalue weighted by atomic mass is 79.9. The van der Waals surface area contributed by atoms with Gasteiger partial charge in [0.25, 0.3) is 0 Å². The smallest absolute Gasteiger partial charge is 0.243 e. The van der Waals surface area contributed by atoms with Crippen LogP contribution in [-0.4, -0.2) is 56.3 Å². The summed E-state index contributed by atoms with van der Waals surface area (Å²) in [5.74, 6) is -0.270. The normalized spacial score (nSPS) is 14.3. The number of piperazine rings is 1. The third kappa shape index (κ3) is 6.80. The molecule has 0 radical (unpaired) electrons. The van der Waals surface area contributed by atoms with E-state index < -0.39 is 10.0 Å². The van der Waals surface area contributed by atoms with Crippen molar-refractivity contribution in [3.05, 3.63) is 91.3 Å². The van der Waals surface area contributed by atoms with Gasteiger partial charge < -0.3 is 9.80 Å². The van der Waals surface area contributed by atoms with Crippen molar-refractivity contribution < 1.29 is 13.2 Å². The maximum absolute atomic E-state index is 13.6. The number of halogens is 4. The molecule has 1 saturated heterocycles. The fourth-order valence-electron chi connectivity index (χ4n) is 4.19. The van der Waals surface area contributed by atoms with E-state index in [2.05, 4.69) is 20.8 Å². The number of anilines is 1. The quantitative estimate of drug-likeness (QED) is 0.305. The van der Waals surface area contributed by atoms with E-state index in [4.69, 9.17) is 34.8 Å². The maximum atomic E-state index is 13.6. The molecule has 11 heteroatoms. The summed E-state index contributed by atoms with van der Waals surface area (Å²) in [5, 5.41) is 1.44. The summed E-state index contributed by atoms with van der Waals surface area (Å²) >= 11 is 21.9. The van der Waals surface area contributed by atoms with Gasteiger partial charge in [-0.2, -0.15) is 4.31 Å². The molecule has 3 aromatic carbocycles. The number of hydrogen-bond donors (Lipinski definition) is 0. The van der Waals surface area contributed by atoms with Crippen molar-refractivity contribution in [3.63, 3.8) is 0 Å². The highest BCUT2D eigenvalue weighted by molar-refractivity contribution is 9.10. The van der Waals surface area contributed by atoms with Crippen LogP contribution in [0, 0.1) is 6.92 Å². The zero-order chi connectivity index (χ0) is 26.7. The molecular weight excluding hydrogens is 621 g/mol. The zero-order valence-electron chi connectivity index (χ0n) is 20.0. The first kappa shape index (κ1) is 28.2. The third-order valence-corrected chi connectivity index (χ3v) is 9.43. The van der Waals surface area contributed by atoms with Gasteiger partial charge in [0.2, 0.25) is 15.9 Å². The van der Waals surface area contributed by atoms with Crippen LogP contribution in [0.25, 0.3) is 0 Å². The number of carbonyl (C=O) groups excluding carboxylic acids is 1. The molecule has 1 amide bonds. The molecule has 0 bridgehead atoms. The van der Waals surface area contributed by atoms with Crippen LogP contribution >= 0.6 is 50.7 Å². The van der Waals surface area contributed by atoms with E-state index >= 15 is 0 Å². The molecule has 0 spiro atoms. The lowest BCUT2D eigenvalue weighted by Gasteiger charge is -2.37. The van der Waals surface area contributed by atoms with Crippen LogP contribution in [0.2, 0.25) is 15.1 Å². The fourth-order valence-corrected chi connectivity index (χ4v) is 6.46. The van der Waals surface area contributed by atoms with Gasteiger partial charge in [0.1, 0.15) is 0 Å². The third-order valence-electron chi connectivity index (χ3n) is 6.27. The SMILES string of the molecule is Cc1ccc(Cl)cc1N1CCN(C(=O)CN(Cc2ccc(Cl)cc2Cl)S(=O)(=O)c2ccc(Br)cc2)CC1. The second kappa shape index (κ2) is 11.9. The Kier molecular flexibility index (Phi) is 9.09. The van der Waals surface area contributed by atoms with Crippen molar-refractivity contribution in [2.45, 2.75) is 18.4 Å². The number of aryl methyl sites for hydroxylation is 1. The summed E-state index contributed by atoms with van der Waals surface area (Å²) in [6, 6.07) is 16.9. The number of rotatable bonds is 7. The Morgan fingerprint density at radius 1 is 0.919 bits per heavy atom. The van der Waals surface area contributed by atoms with E-state index in [1.807, 2.05) is 25.1 Å². The minimum Gasteiger partial charge on any atom is -0.368 e. The molecule has 0 aromatic heterocycles. The van der Waals surface area contributed by atoms with E-state index in [1.165, 1.54) is 16.4 Å². The summed E-state index contributed by atoms with van der Waals surface area (Å²) in [4.78, 5) is 17.3. The Hall–Kier alpha value is -1.81. The lowest BCUT2D eigenvalue weighted by atomic mass is 10.1. The number of nitrogens with zero attached hydrogens (tertiary/aromatic N) is 3. The van der Waals surface area contributed by atoms with Gasteiger partial charge in [0.15, 0.2) is 0 Å². The second-order valence-corrected chi connectivity index (χ2v) is 12.9. The predicted molar refractivity (Wildman–Crippen MR) is 153 cm³/mol. The Bertz CT molecular complexity index is 1400. The number of amides is 1. The average molecular weight is 646 g/mol. The summed E-state index contributed by atoms with van der Waals surface area (Å²) < 4.78 is 29.1. The monoisotopic (exact) mass is 643 g/mol. The molecule has 0 unspecified atom stereocenters. The van der Waals surface area contributed by atoms with Gasteiger partial charge in [-0.05, 0) is 66.6 Å². The summed E-state index contributed by atoms with van der Waals surface area (Å²) in [6.45, 7) is 3.83. The van der Waals surface area contributed by atoms with E-state index in [-0.39, 0.29) is 23.9 Å². The number of carbonyl (C=O) groups is 1. The molecule has 37 heavy (non-hydrogen) atoms. The molecule has 1 fully saturated rings. The molecule has 0 aliphatic carbocycles. The van der Waals surface area contributed by atoms with Crippen molar-refractivity contribution in [2.24, 2.45) is 0 Å². The summed E-state index contributed by atoms with van der Waals surface area (Å²) in [7, 11) is -3.99. The number of sulfonamides is 1. The van der Waals surface area contributed by atoms with Gasteiger partial charge in [0, 0.05) is 58.0 Å². The largest absolute Gasteiger partial charge is 0.368 e. The molecule has 196 valence electrons. The van der Waals surface area contributed by atoms with Crippen molar-refractivity contribution in [3.8, 4) is 0 Å². The minimum atomic E-state index is -3.99. The molecule has 3 aromatic rings. The topological polar surface area (TPSA) is 60.9 Å². The van der Waals surface area contributed by atoms with E-state index in [1.54, 1.807) is 35.2 Å². The molecule has 4 rings (SSSR count). The van der Waals surface area contributed by atoms with Gasteiger partial charge >= 0.3 is 0 Å². The van der Waals surface area contributed by atoms with Crippen LogP contribution in [0.4, 0.5) is 5.69 Å². The van der Waals surface area contributed by atoms with Gasteiger partial charge in [-0.25, -0.2) is 8.42 Å². The van der Waals surface area contributed by atoms with E-state index in [0.717, 1.165) is 15.7 Å². The molecule has 0 N–H and O–H groups in total. The molecule has 1 heterocycles. The maximum Gasteiger partial charge on any atom is 0.243 e. The molecule has 6 nitrogen and oxygen atoms in total. The second-order valence-electron chi connectivity index (χ2n) is 8.76. The summed E-state index contributed by atoms with van der Waals surface area (Å²) in [5.41, 5.74) is 2.70. The Balaban J connectivity index is 1.53. The zero-order valence-corrected chi connectivity index (χ0v) is 24.7. The van der Waals surface area contributed by atoms with Gasteiger partial charge in [-0.3, -0.25) is 4.79 Å². The van der Waals surface area contributed by atoms with Crippen molar-refractivity contribution in [1.82, 2.24) is 9.21 Å². The number of hydrogen-bond acceptors (Lipinski definition) is 4. The molecule has 1 aliphatic rings. The highest BCUT2D eigenvalue weighted by Crippen LogP contribution is 2.27. The van der Waals surface area contributed by atoms with E-state index in [9.17, 15) is 13.2 Å². The van der Waals surface area contributed by atoms with Gasteiger partial charge in [0.05, 0.1) is 11.4 Å². The Morgan fingerprint density at radius 2 is 1.54 bits per heavy atom. The van der Waals surface area contributed by atoms with Crippen LogP contribution in [0.15, 0.2) is 70.0 Å². The van der Waals surface area contributed by atoms with Crippen molar-refractivity contribution >= 4 is 72.4 Å². The molecular formula is C26H25BrCl3N3O3S. The predicted octanol–water partition coefficient (Wildman–Crippen LogP) is 6.26. The molecule has 0 atom stereocenters. The standard InChI is InChI=1S/C26H25BrCl3N3O3S/c1-18-2-6-22(29)15-25(18)31-10-12-32(13-11-31)26(34)17-33(16-19-3-7-21(28)14-24(19)30)37(35,36)23-8-4-20(27)5-9-23/h2-9,14-15H,10-13,16-17H2,1H3. The first-order chi connectivity index (χ1) is 17.5. The molecule has 1 aliphatic heterocycles. The Labute approximate surface area is 240 Å². The lowest BCUT2D eigenvalue weighted by molar-refractivity contribution is -0.131. The van der Waals surface area contributed by atoms with E-state index in [0.29, 0.717) is 46.8 Å². The fraction of sp³-hybridized carbons (Fsp3) is 0.269. The number of benzene rings is 3. The summed E-state index contributed by atoms with van der Waals surface area (Å²) in [6.07, 6.45) is 0. The first-order valence-electron chi connectivity index (χ1n) is 11.5. The van der Waals surface area contributed by atoms with Crippen LogP contribution in [0.1, 0.15) is 11.1 Å². The molecule has 0 saturated carbocycles. The highest BCUT2D eigenvalue weighted by Gasteiger charge is 2.31.